The number of nitrogens with two attached hydrogens (primary N) is 1. The van der Waals surface area contributed by atoms with Crippen molar-refractivity contribution in [2.45, 2.75) is 24.2 Å². The maximum absolute atomic E-state index is 13.2. The lowest BCUT2D eigenvalue weighted by Gasteiger charge is -2.25. The van der Waals surface area contributed by atoms with Crippen molar-refractivity contribution in [2.75, 3.05) is 12.3 Å². The molecule has 8 nitrogen and oxygen atoms in total. The van der Waals surface area contributed by atoms with Gasteiger partial charge in [0.1, 0.15) is 17.8 Å². The number of alkyl halides is 3. The molecule has 1 saturated heterocycles. The molecular formula is C11H13F3N4O4. The fourth-order valence-electron chi connectivity index (χ4n) is 2.29. The second-order valence-corrected chi connectivity index (χ2v) is 4.72. The van der Waals surface area contributed by atoms with Crippen molar-refractivity contribution in [1.82, 2.24) is 9.55 Å². The van der Waals surface area contributed by atoms with Gasteiger partial charge in [-0.1, -0.05) is 0 Å². The number of hydrogen-bond acceptors (Lipinski definition) is 7. The Hall–Kier alpha value is -1.98. The highest BCUT2D eigenvalue weighted by atomic mass is 19.4. The minimum atomic E-state index is -4.92. The van der Waals surface area contributed by atoms with Crippen LogP contribution in [0.2, 0.25) is 0 Å². The van der Waals surface area contributed by atoms with Crippen LogP contribution in [0.4, 0.5) is 19.0 Å². The van der Waals surface area contributed by atoms with Gasteiger partial charge in [-0.2, -0.15) is 18.2 Å². The van der Waals surface area contributed by atoms with Crippen LogP contribution in [0.15, 0.2) is 22.1 Å². The molecule has 4 N–H and O–H groups in total. The van der Waals surface area contributed by atoms with E-state index in [1.165, 1.54) is 0 Å². The summed E-state index contributed by atoms with van der Waals surface area (Å²) in [5.74, 6) is -2.69. The molecule has 0 saturated carbocycles. The number of aliphatic hydroxyl groups is 2. The molecule has 0 unspecified atom stereocenters. The lowest BCUT2D eigenvalue weighted by molar-refractivity contribution is -0.211. The molecule has 11 heteroatoms. The Morgan fingerprint density at radius 2 is 2.23 bits per heavy atom. The molecule has 1 aromatic rings. The zero-order valence-electron chi connectivity index (χ0n) is 11.1. The quantitative estimate of drug-likeness (QED) is 0.631. The minimum absolute atomic E-state index is 0.182. The standard InChI is InChI=1S/C11H13F3N4O4/c1-16-10(4-19)7(20)6(11(12,13)14)8(22-10)18-3-2-5(15)17-9(18)21/h2-3,6-8,19-20H,1,4H2,(H2,15,17,21)/t6-,7-,8+,10+/m0/s1. The molecule has 1 aliphatic heterocycles. The Morgan fingerprint density at radius 3 is 2.68 bits per heavy atom. The number of aromatic nitrogens is 2. The Kier molecular flexibility index (Phi) is 3.98. The molecule has 2 heterocycles. The number of ether oxygens (including phenoxy) is 1. The van der Waals surface area contributed by atoms with Crippen LogP contribution in [0.25, 0.3) is 0 Å². The van der Waals surface area contributed by atoms with Gasteiger partial charge in [-0.3, -0.25) is 9.56 Å². The summed E-state index contributed by atoms with van der Waals surface area (Å²) in [6.07, 6.45) is -8.18. The number of hydrogen-bond donors (Lipinski definition) is 3. The molecule has 0 amide bonds. The van der Waals surface area contributed by atoms with Gasteiger partial charge in [0, 0.05) is 6.20 Å². The van der Waals surface area contributed by atoms with Crippen molar-refractivity contribution in [3.63, 3.8) is 0 Å². The van der Waals surface area contributed by atoms with Crippen molar-refractivity contribution in [1.29, 1.82) is 0 Å². The first-order valence-corrected chi connectivity index (χ1v) is 6.02. The van der Waals surface area contributed by atoms with Gasteiger partial charge in [0.15, 0.2) is 6.23 Å². The Balaban J connectivity index is 2.57. The first kappa shape index (κ1) is 16.4. The van der Waals surface area contributed by atoms with E-state index in [9.17, 15) is 28.2 Å². The molecule has 0 bridgehead atoms. The van der Waals surface area contributed by atoms with Crippen LogP contribution in [0.1, 0.15) is 6.23 Å². The molecule has 22 heavy (non-hydrogen) atoms. The van der Waals surface area contributed by atoms with E-state index >= 15 is 0 Å². The summed E-state index contributed by atoms with van der Waals surface area (Å²) >= 11 is 0. The van der Waals surface area contributed by atoms with Crippen LogP contribution in [-0.2, 0) is 4.74 Å². The second-order valence-electron chi connectivity index (χ2n) is 4.72. The molecule has 2 rings (SSSR count). The predicted molar refractivity (Wildman–Crippen MR) is 67.9 cm³/mol. The number of halogens is 3. The van der Waals surface area contributed by atoms with Crippen LogP contribution < -0.4 is 11.4 Å². The first-order valence-electron chi connectivity index (χ1n) is 6.02. The maximum atomic E-state index is 13.2. The molecule has 0 radical (unpaired) electrons. The van der Waals surface area contributed by atoms with Gasteiger partial charge < -0.3 is 20.7 Å². The fraction of sp³-hybridized carbons (Fsp3) is 0.545. The van der Waals surface area contributed by atoms with E-state index in [4.69, 9.17) is 10.5 Å². The van der Waals surface area contributed by atoms with Crippen molar-refractivity contribution < 1.29 is 28.1 Å². The van der Waals surface area contributed by atoms with E-state index in [2.05, 4.69) is 16.7 Å². The highest BCUT2D eigenvalue weighted by molar-refractivity contribution is 5.27. The van der Waals surface area contributed by atoms with Crippen LogP contribution in [0.3, 0.4) is 0 Å². The van der Waals surface area contributed by atoms with Gasteiger partial charge >= 0.3 is 11.9 Å². The third-order valence-corrected chi connectivity index (χ3v) is 3.43. The van der Waals surface area contributed by atoms with Crippen molar-refractivity contribution >= 4 is 12.5 Å². The van der Waals surface area contributed by atoms with Gasteiger partial charge in [0.2, 0.25) is 5.72 Å². The summed E-state index contributed by atoms with van der Waals surface area (Å²) in [5.41, 5.74) is 1.89. The zero-order chi connectivity index (χ0) is 16.7. The Labute approximate surface area is 121 Å². The SMILES string of the molecule is C=N[C@]1(CO)O[C@@H](n2ccc(N)nc2=O)[C@@H](C(F)(F)F)[C@@H]1O. The van der Waals surface area contributed by atoms with Gasteiger partial charge in [-0.25, -0.2) is 4.79 Å². The second kappa shape index (κ2) is 5.34. The number of anilines is 1. The molecule has 1 aromatic heterocycles. The molecular weight excluding hydrogens is 309 g/mol. The van der Waals surface area contributed by atoms with Crippen LogP contribution >= 0.6 is 0 Å². The average Bonchev–Trinajstić information content (AvgIpc) is 2.72. The molecule has 1 fully saturated rings. The molecule has 0 spiro atoms. The van der Waals surface area contributed by atoms with Crippen molar-refractivity contribution in [3.8, 4) is 0 Å². The Morgan fingerprint density at radius 1 is 1.59 bits per heavy atom. The van der Waals surface area contributed by atoms with Crippen LogP contribution in [0.5, 0.6) is 0 Å². The number of aliphatic hydroxyl groups excluding tert-OH is 2. The van der Waals surface area contributed by atoms with Crippen LogP contribution in [0, 0.1) is 5.92 Å². The first-order chi connectivity index (χ1) is 10.2. The lowest BCUT2D eigenvalue weighted by Crippen LogP contribution is -2.46. The molecule has 0 aliphatic carbocycles. The minimum Gasteiger partial charge on any atom is -0.391 e. The lowest BCUT2D eigenvalue weighted by atomic mass is 9.95. The van der Waals surface area contributed by atoms with Gasteiger partial charge in [-0.05, 0) is 12.8 Å². The normalized spacial score (nSPS) is 32.1. The number of nitrogens with zero attached hydrogens (tertiary/aromatic N) is 3. The molecule has 1 aliphatic rings. The summed E-state index contributed by atoms with van der Waals surface area (Å²) in [4.78, 5) is 18.3. The Bertz CT molecular complexity index is 634. The summed E-state index contributed by atoms with van der Waals surface area (Å²) < 4.78 is 45.3. The summed E-state index contributed by atoms with van der Waals surface area (Å²) in [6, 6.07) is 1.10. The number of aliphatic imine (C=N–C) groups is 1. The molecule has 122 valence electrons. The third-order valence-electron chi connectivity index (χ3n) is 3.43. The van der Waals surface area contributed by atoms with E-state index in [1.807, 2.05) is 0 Å². The highest BCUT2D eigenvalue weighted by Crippen LogP contribution is 2.49. The number of nitrogen functional groups attached to an aromatic ring is 1. The zero-order valence-corrected chi connectivity index (χ0v) is 11.1. The van der Waals surface area contributed by atoms with E-state index in [-0.39, 0.29) is 5.82 Å². The van der Waals surface area contributed by atoms with Crippen molar-refractivity contribution in [3.05, 3.63) is 22.7 Å². The van der Waals surface area contributed by atoms with E-state index in [0.717, 1.165) is 12.3 Å². The monoisotopic (exact) mass is 322 g/mol. The topological polar surface area (TPSA) is 123 Å². The van der Waals surface area contributed by atoms with Gasteiger partial charge in [0.05, 0.1) is 6.61 Å². The molecule has 4 atom stereocenters. The number of rotatable bonds is 3. The van der Waals surface area contributed by atoms with E-state index in [1.54, 1.807) is 0 Å². The third kappa shape index (κ3) is 2.46. The maximum Gasteiger partial charge on any atom is 0.398 e. The van der Waals surface area contributed by atoms with E-state index < -0.39 is 42.4 Å². The predicted octanol–water partition coefficient (Wildman–Crippen LogP) is -0.717. The molecule has 0 aromatic carbocycles. The highest BCUT2D eigenvalue weighted by Gasteiger charge is 2.64. The smallest absolute Gasteiger partial charge is 0.391 e. The summed E-state index contributed by atoms with van der Waals surface area (Å²) in [7, 11) is 0. The van der Waals surface area contributed by atoms with Gasteiger partial charge in [-0.15, -0.1) is 0 Å². The fourth-order valence-corrected chi connectivity index (χ4v) is 2.29. The van der Waals surface area contributed by atoms with Crippen LogP contribution in [-0.4, -0.2) is 51.1 Å². The van der Waals surface area contributed by atoms with Gasteiger partial charge in [0.25, 0.3) is 0 Å². The van der Waals surface area contributed by atoms with E-state index in [0.29, 0.717) is 4.57 Å². The largest absolute Gasteiger partial charge is 0.398 e. The summed E-state index contributed by atoms with van der Waals surface area (Å²) in [6.45, 7) is 1.99. The summed E-state index contributed by atoms with van der Waals surface area (Å²) in [5, 5.41) is 19.2. The van der Waals surface area contributed by atoms with Crippen molar-refractivity contribution in [2.24, 2.45) is 10.9 Å². The average molecular weight is 322 g/mol.